The number of nitrogens with one attached hydrogen (secondary N) is 2. The number of rotatable bonds is 7. The average Bonchev–Trinajstić information content (AvgIpc) is 3.25. The van der Waals surface area contributed by atoms with Crippen LogP contribution < -0.4 is 10.6 Å². The molecule has 4 rings (SSSR count). The van der Waals surface area contributed by atoms with E-state index in [1.807, 2.05) is 36.1 Å². The van der Waals surface area contributed by atoms with Gasteiger partial charge >= 0.3 is 0 Å². The molecule has 3 heterocycles. The van der Waals surface area contributed by atoms with Crippen molar-refractivity contribution in [2.75, 3.05) is 10.6 Å². The molecular formula is C23H24FN7. The summed E-state index contributed by atoms with van der Waals surface area (Å²) in [6.45, 7) is 6.18. The number of benzene rings is 1. The van der Waals surface area contributed by atoms with Crippen molar-refractivity contribution in [3.8, 4) is 11.1 Å². The Morgan fingerprint density at radius 1 is 0.903 bits per heavy atom. The molecular weight excluding hydrogens is 393 g/mol. The third kappa shape index (κ3) is 5.03. The fourth-order valence-corrected chi connectivity index (χ4v) is 3.16. The van der Waals surface area contributed by atoms with Gasteiger partial charge in [-0.1, -0.05) is 12.1 Å². The van der Waals surface area contributed by atoms with Crippen LogP contribution in [0, 0.1) is 5.82 Å². The SMILES string of the molecule is CC(C)n1cc(-c2cc(Nc3cnccn3)nc(N[C@@H](C)c3ccc(F)cc3)c2)cn1. The highest BCUT2D eigenvalue weighted by molar-refractivity contribution is 5.71. The van der Waals surface area contributed by atoms with Crippen molar-refractivity contribution in [1.82, 2.24) is 24.7 Å². The van der Waals surface area contributed by atoms with Crippen molar-refractivity contribution in [2.24, 2.45) is 0 Å². The number of hydrogen-bond acceptors (Lipinski definition) is 6. The van der Waals surface area contributed by atoms with Crippen LogP contribution in [0.4, 0.5) is 21.8 Å². The Kier molecular flexibility index (Phi) is 5.88. The normalized spacial score (nSPS) is 12.0. The number of nitrogens with zero attached hydrogens (tertiary/aromatic N) is 5. The maximum Gasteiger partial charge on any atom is 0.150 e. The maximum atomic E-state index is 13.3. The molecule has 3 aromatic heterocycles. The molecule has 1 atom stereocenters. The molecule has 0 saturated heterocycles. The third-order valence-electron chi connectivity index (χ3n) is 4.84. The molecule has 0 unspecified atom stereocenters. The zero-order valence-electron chi connectivity index (χ0n) is 17.6. The van der Waals surface area contributed by atoms with Gasteiger partial charge in [-0.15, -0.1) is 0 Å². The molecule has 1 aromatic carbocycles. The van der Waals surface area contributed by atoms with E-state index in [2.05, 4.69) is 44.5 Å². The van der Waals surface area contributed by atoms with E-state index in [0.29, 0.717) is 17.5 Å². The minimum Gasteiger partial charge on any atom is -0.363 e. The van der Waals surface area contributed by atoms with Crippen molar-refractivity contribution in [1.29, 1.82) is 0 Å². The van der Waals surface area contributed by atoms with Gasteiger partial charge in [0.2, 0.25) is 0 Å². The largest absolute Gasteiger partial charge is 0.363 e. The number of anilines is 3. The summed E-state index contributed by atoms with van der Waals surface area (Å²) in [6.07, 6.45) is 8.73. The van der Waals surface area contributed by atoms with Gasteiger partial charge in [-0.3, -0.25) is 9.67 Å². The Balaban J connectivity index is 1.67. The van der Waals surface area contributed by atoms with Crippen molar-refractivity contribution in [2.45, 2.75) is 32.9 Å². The van der Waals surface area contributed by atoms with E-state index >= 15 is 0 Å². The number of halogens is 1. The van der Waals surface area contributed by atoms with Crippen LogP contribution in [-0.4, -0.2) is 24.7 Å². The Bertz CT molecular complexity index is 1140. The van der Waals surface area contributed by atoms with Gasteiger partial charge in [0, 0.05) is 36.2 Å². The lowest BCUT2D eigenvalue weighted by Gasteiger charge is -2.17. The second-order valence-electron chi connectivity index (χ2n) is 7.56. The van der Waals surface area contributed by atoms with Crippen LogP contribution in [0.15, 0.2) is 67.4 Å². The molecule has 0 aliphatic rings. The highest BCUT2D eigenvalue weighted by Crippen LogP contribution is 2.28. The molecule has 0 amide bonds. The third-order valence-corrected chi connectivity index (χ3v) is 4.84. The second-order valence-corrected chi connectivity index (χ2v) is 7.56. The summed E-state index contributed by atoms with van der Waals surface area (Å²) in [4.78, 5) is 13.0. The van der Waals surface area contributed by atoms with E-state index < -0.39 is 0 Å². The Hall–Kier alpha value is -3.81. The van der Waals surface area contributed by atoms with E-state index in [-0.39, 0.29) is 17.9 Å². The molecule has 4 aromatic rings. The van der Waals surface area contributed by atoms with E-state index in [4.69, 9.17) is 0 Å². The highest BCUT2D eigenvalue weighted by Gasteiger charge is 2.12. The smallest absolute Gasteiger partial charge is 0.150 e. The van der Waals surface area contributed by atoms with E-state index in [0.717, 1.165) is 16.7 Å². The number of aromatic nitrogens is 5. The summed E-state index contributed by atoms with van der Waals surface area (Å²) < 4.78 is 15.2. The van der Waals surface area contributed by atoms with Crippen LogP contribution in [0.2, 0.25) is 0 Å². The molecule has 0 bridgehead atoms. The topological polar surface area (TPSA) is 80.5 Å². The lowest BCUT2D eigenvalue weighted by atomic mass is 10.1. The lowest BCUT2D eigenvalue weighted by Crippen LogP contribution is -2.09. The zero-order chi connectivity index (χ0) is 21.8. The molecule has 0 radical (unpaired) electrons. The monoisotopic (exact) mass is 417 g/mol. The van der Waals surface area contributed by atoms with Crippen LogP contribution in [-0.2, 0) is 0 Å². The van der Waals surface area contributed by atoms with E-state index in [1.165, 1.54) is 12.1 Å². The summed E-state index contributed by atoms with van der Waals surface area (Å²) in [5, 5.41) is 11.1. The summed E-state index contributed by atoms with van der Waals surface area (Å²) in [5.41, 5.74) is 2.91. The Labute approximate surface area is 180 Å². The molecule has 8 heteroatoms. The predicted molar refractivity (Wildman–Crippen MR) is 120 cm³/mol. The number of hydrogen-bond donors (Lipinski definition) is 2. The van der Waals surface area contributed by atoms with Gasteiger partial charge in [0.05, 0.1) is 12.4 Å². The van der Waals surface area contributed by atoms with Gasteiger partial charge in [-0.25, -0.2) is 14.4 Å². The molecule has 7 nitrogen and oxygen atoms in total. The van der Waals surface area contributed by atoms with Gasteiger partial charge in [0.15, 0.2) is 0 Å². The summed E-state index contributed by atoms with van der Waals surface area (Å²) in [6, 6.07) is 10.6. The summed E-state index contributed by atoms with van der Waals surface area (Å²) in [5.74, 6) is 1.65. The maximum absolute atomic E-state index is 13.3. The first-order valence-corrected chi connectivity index (χ1v) is 10.1. The average molecular weight is 417 g/mol. The molecule has 0 fully saturated rings. The highest BCUT2D eigenvalue weighted by atomic mass is 19.1. The minimum absolute atomic E-state index is 0.0638. The van der Waals surface area contributed by atoms with Crippen LogP contribution in [0.1, 0.15) is 38.4 Å². The van der Waals surface area contributed by atoms with Crippen molar-refractivity contribution >= 4 is 17.5 Å². The van der Waals surface area contributed by atoms with Gasteiger partial charge in [-0.2, -0.15) is 5.10 Å². The van der Waals surface area contributed by atoms with Gasteiger partial charge in [-0.05, 0) is 56.2 Å². The van der Waals surface area contributed by atoms with Crippen LogP contribution >= 0.6 is 0 Å². The quantitative estimate of drug-likeness (QED) is 0.421. The van der Waals surface area contributed by atoms with Gasteiger partial charge in [0.25, 0.3) is 0 Å². The van der Waals surface area contributed by atoms with Crippen molar-refractivity contribution < 1.29 is 4.39 Å². The molecule has 0 aliphatic carbocycles. The Morgan fingerprint density at radius 3 is 2.35 bits per heavy atom. The number of pyridine rings is 1. The van der Waals surface area contributed by atoms with Gasteiger partial charge < -0.3 is 10.6 Å². The fourth-order valence-electron chi connectivity index (χ4n) is 3.16. The standard InChI is InChI=1S/C23H24FN7/c1-15(2)31-14-19(12-27-31)18-10-21(28-16(3)17-4-6-20(24)7-5-17)29-22(11-18)30-23-13-25-8-9-26-23/h4-16H,1-3H3,(H2,26,28,29,30)/t16-/m0/s1. The van der Waals surface area contributed by atoms with Gasteiger partial charge in [0.1, 0.15) is 23.3 Å². The van der Waals surface area contributed by atoms with Crippen LogP contribution in [0.25, 0.3) is 11.1 Å². The van der Waals surface area contributed by atoms with Crippen molar-refractivity contribution in [3.63, 3.8) is 0 Å². The van der Waals surface area contributed by atoms with E-state index in [1.54, 1.807) is 30.7 Å². The fraction of sp³-hybridized carbons (Fsp3) is 0.217. The zero-order valence-corrected chi connectivity index (χ0v) is 17.6. The second kappa shape index (κ2) is 8.91. The Morgan fingerprint density at radius 2 is 1.68 bits per heavy atom. The molecule has 158 valence electrons. The first-order chi connectivity index (χ1) is 15.0. The summed E-state index contributed by atoms with van der Waals surface area (Å²) in [7, 11) is 0. The summed E-state index contributed by atoms with van der Waals surface area (Å²) >= 11 is 0. The first-order valence-electron chi connectivity index (χ1n) is 10.1. The van der Waals surface area contributed by atoms with Crippen LogP contribution in [0.5, 0.6) is 0 Å². The molecule has 31 heavy (non-hydrogen) atoms. The van der Waals surface area contributed by atoms with Crippen molar-refractivity contribution in [3.05, 3.63) is 78.8 Å². The molecule has 0 saturated carbocycles. The predicted octanol–water partition coefficient (Wildman–Crippen LogP) is 5.37. The molecule has 2 N–H and O–H groups in total. The molecule has 0 spiro atoms. The first kappa shape index (κ1) is 20.5. The lowest BCUT2D eigenvalue weighted by molar-refractivity contribution is 0.532. The molecule has 0 aliphatic heterocycles. The van der Waals surface area contributed by atoms with Crippen LogP contribution in [0.3, 0.4) is 0 Å². The minimum atomic E-state index is -0.256. The van der Waals surface area contributed by atoms with E-state index in [9.17, 15) is 4.39 Å².